The van der Waals surface area contributed by atoms with Gasteiger partial charge in [-0.05, 0) is 23.8 Å². The molecule has 120 valence electrons. The van der Waals surface area contributed by atoms with Crippen LogP contribution in [0.15, 0.2) is 64.4 Å². The number of fused-ring (bicyclic) bond motifs is 1. The number of nitrogens with zero attached hydrogens (tertiary/aromatic N) is 3. The Morgan fingerprint density at radius 2 is 1.88 bits per heavy atom. The summed E-state index contributed by atoms with van der Waals surface area (Å²) in [5.74, 6) is 1.75. The van der Waals surface area contributed by atoms with Crippen molar-refractivity contribution in [2.24, 2.45) is 7.05 Å². The highest BCUT2D eigenvalue weighted by Gasteiger charge is 2.14. The number of hydrogen-bond acceptors (Lipinski definition) is 3. The second kappa shape index (κ2) is 6.45. The third-order valence-corrected chi connectivity index (χ3v) is 5.57. The molecular formula is C18H15BrN4S. The van der Waals surface area contributed by atoms with Gasteiger partial charge in [-0.3, -0.25) is 0 Å². The monoisotopic (exact) mass is 398 g/mol. The van der Waals surface area contributed by atoms with Gasteiger partial charge in [0.15, 0.2) is 11.0 Å². The first-order valence-corrected chi connectivity index (χ1v) is 9.33. The minimum atomic E-state index is 0.868. The Balaban J connectivity index is 1.60. The molecule has 0 bridgehead atoms. The predicted molar refractivity (Wildman–Crippen MR) is 102 cm³/mol. The lowest BCUT2D eigenvalue weighted by atomic mass is 10.1. The van der Waals surface area contributed by atoms with E-state index < -0.39 is 0 Å². The molecule has 0 atom stereocenters. The Morgan fingerprint density at radius 1 is 1.08 bits per heavy atom. The predicted octanol–water partition coefficient (Wildman–Crippen LogP) is 5.02. The van der Waals surface area contributed by atoms with E-state index in [0.29, 0.717) is 0 Å². The fourth-order valence-corrected chi connectivity index (χ4v) is 3.79. The van der Waals surface area contributed by atoms with E-state index in [4.69, 9.17) is 0 Å². The van der Waals surface area contributed by atoms with Crippen LogP contribution in [0.2, 0.25) is 0 Å². The molecule has 24 heavy (non-hydrogen) atoms. The van der Waals surface area contributed by atoms with Gasteiger partial charge >= 0.3 is 0 Å². The number of benzene rings is 2. The molecule has 0 saturated carbocycles. The zero-order valence-electron chi connectivity index (χ0n) is 13.0. The normalized spacial score (nSPS) is 11.2. The third kappa shape index (κ3) is 2.87. The highest BCUT2D eigenvalue weighted by atomic mass is 79.9. The Bertz CT molecular complexity index is 988. The van der Waals surface area contributed by atoms with E-state index in [0.717, 1.165) is 37.7 Å². The van der Waals surface area contributed by atoms with Crippen molar-refractivity contribution in [2.75, 3.05) is 0 Å². The van der Waals surface area contributed by atoms with Crippen molar-refractivity contribution in [2.45, 2.75) is 10.9 Å². The molecule has 0 saturated heterocycles. The second-order valence-corrected chi connectivity index (χ2v) is 7.39. The summed E-state index contributed by atoms with van der Waals surface area (Å²) < 4.78 is 3.15. The number of para-hydroxylation sites is 1. The van der Waals surface area contributed by atoms with Crippen molar-refractivity contribution >= 4 is 38.6 Å². The molecule has 4 nitrogen and oxygen atoms in total. The Morgan fingerprint density at radius 3 is 2.71 bits per heavy atom. The third-order valence-electron chi connectivity index (χ3n) is 3.95. The molecule has 2 aromatic carbocycles. The fraction of sp³-hybridized carbons (Fsp3) is 0.111. The molecule has 0 amide bonds. The summed E-state index contributed by atoms with van der Waals surface area (Å²) in [5, 5.41) is 10.8. The van der Waals surface area contributed by atoms with E-state index in [-0.39, 0.29) is 0 Å². The van der Waals surface area contributed by atoms with Crippen LogP contribution in [-0.2, 0) is 12.8 Å². The van der Waals surface area contributed by atoms with Gasteiger partial charge in [0.2, 0.25) is 0 Å². The zero-order chi connectivity index (χ0) is 16.5. The molecule has 4 aromatic rings. The van der Waals surface area contributed by atoms with Gasteiger partial charge < -0.3 is 9.55 Å². The van der Waals surface area contributed by atoms with Gasteiger partial charge in [-0.25, -0.2) is 0 Å². The van der Waals surface area contributed by atoms with Crippen LogP contribution in [0.1, 0.15) is 5.56 Å². The van der Waals surface area contributed by atoms with Gasteiger partial charge in [0.1, 0.15) is 0 Å². The molecule has 0 unspecified atom stereocenters. The van der Waals surface area contributed by atoms with E-state index >= 15 is 0 Å². The molecule has 2 heterocycles. The van der Waals surface area contributed by atoms with Gasteiger partial charge in [-0.2, -0.15) is 0 Å². The van der Waals surface area contributed by atoms with E-state index in [9.17, 15) is 0 Å². The molecule has 0 aliphatic rings. The lowest BCUT2D eigenvalue weighted by Crippen LogP contribution is -1.94. The fourth-order valence-electron chi connectivity index (χ4n) is 2.66. The van der Waals surface area contributed by atoms with Gasteiger partial charge in [0.25, 0.3) is 0 Å². The Labute approximate surface area is 152 Å². The first kappa shape index (κ1) is 15.5. The van der Waals surface area contributed by atoms with E-state index in [1.807, 2.05) is 25.4 Å². The number of H-pyrrole nitrogens is 1. The molecule has 0 fully saturated rings. The van der Waals surface area contributed by atoms with Crippen LogP contribution >= 0.6 is 27.7 Å². The van der Waals surface area contributed by atoms with Crippen molar-refractivity contribution in [1.82, 2.24) is 19.7 Å². The minimum Gasteiger partial charge on any atom is -0.360 e. The first-order chi connectivity index (χ1) is 11.7. The van der Waals surface area contributed by atoms with Gasteiger partial charge in [-0.1, -0.05) is 58.0 Å². The number of thioether (sulfide) groups is 1. The maximum Gasteiger partial charge on any atom is 0.191 e. The summed E-state index contributed by atoms with van der Waals surface area (Å²) in [6.45, 7) is 0. The summed E-state index contributed by atoms with van der Waals surface area (Å²) in [6, 6.07) is 16.6. The van der Waals surface area contributed by atoms with Crippen LogP contribution in [0, 0.1) is 0 Å². The van der Waals surface area contributed by atoms with Crippen molar-refractivity contribution in [1.29, 1.82) is 0 Å². The lowest BCUT2D eigenvalue weighted by Gasteiger charge is -2.04. The average Bonchev–Trinajstić information content (AvgIpc) is 3.18. The van der Waals surface area contributed by atoms with E-state index in [1.54, 1.807) is 11.8 Å². The maximum atomic E-state index is 4.40. The second-order valence-electron chi connectivity index (χ2n) is 5.53. The van der Waals surface area contributed by atoms with Crippen LogP contribution in [0.25, 0.3) is 22.3 Å². The topological polar surface area (TPSA) is 46.5 Å². The van der Waals surface area contributed by atoms with Gasteiger partial charge in [0.05, 0.1) is 0 Å². The van der Waals surface area contributed by atoms with Crippen LogP contribution in [0.4, 0.5) is 0 Å². The average molecular weight is 399 g/mol. The SMILES string of the molecule is Cn1c(SCc2ccc(Br)cc2)nnc1-c1c[nH]c2ccccc12. The Kier molecular flexibility index (Phi) is 4.16. The van der Waals surface area contributed by atoms with Gasteiger partial charge in [-0.15, -0.1) is 10.2 Å². The standard InChI is InChI=1S/C18H15BrN4S/c1-23-17(15-10-20-16-5-3-2-4-14(15)16)21-22-18(23)24-11-12-6-8-13(19)9-7-12/h2-10,20H,11H2,1H3. The van der Waals surface area contributed by atoms with Gasteiger partial charge in [0, 0.05) is 39.9 Å². The van der Waals surface area contributed by atoms with Crippen molar-refractivity contribution in [3.63, 3.8) is 0 Å². The number of hydrogen-bond donors (Lipinski definition) is 1. The Hall–Kier alpha value is -2.05. The quantitative estimate of drug-likeness (QED) is 0.491. The van der Waals surface area contributed by atoms with E-state index in [1.165, 1.54) is 5.56 Å². The molecule has 0 aliphatic carbocycles. The highest BCUT2D eigenvalue weighted by molar-refractivity contribution is 9.10. The molecule has 2 aromatic heterocycles. The number of halogens is 1. The highest BCUT2D eigenvalue weighted by Crippen LogP contribution is 2.30. The smallest absolute Gasteiger partial charge is 0.191 e. The molecule has 4 rings (SSSR count). The van der Waals surface area contributed by atoms with Crippen LogP contribution in [0.3, 0.4) is 0 Å². The molecule has 0 radical (unpaired) electrons. The zero-order valence-corrected chi connectivity index (χ0v) is 15.4. The van der Waals surface area contributed by atoms with Crippen molar-refractivity contribution < 1.29 is 0 Å². The summed E-state index contributed by atoms with van der Waals surface area (Å²) in [6.07, 6.45) is 2.00. The first-order valence-electron chi connectivity index (χ1n) is 7.55. The van der Waals surface area contributed by atoms with Crippen molar-refractivity contribution in [3.05, 3.63) is 64.8 Å². The van der Waals surface area contributed by atoms with Crippen LogP contribution < -0.4 is 0 Å². The molecule has 6 heteroatoms. The lowest BCUT2D eigenvalue weighted by molar-refractivity contribution is 0.794. The molecule has 0 aliphatic heterocycles. The molecular weight excluding hydrogens is 384 g/mol. The number of aromatic nitrogens is 4. The molecule has 0 spiro atoms. The maximum absolute atomic E-state index is 4.40. The summed E-state index contributed by atoms with van der Waals surface area (Å²) in [7, 11) is 2.01. The summed E-state index contributed by atoms with van der Waals surface area (Å²) in [4.78, 5) is 3.29. The summed E-state index contributed by atoms with van der Waals surface area (Å²) >= 11 is 5.16. The van der Waals surface area contributed by atoms with Crippen molar-refractivity contribution in [3.8, 4) is 11.4 Å². The number of rotatable bonds is 4. The largest absolute Gasteiger partial charge is 0.360 e. The number of nitrogens with one attached hydrogen (secondary N) is 1. The summed E-state index contributed by atoms with van der Waals surface area (Å²) in [5.41, 5.74) is 3.45. The minimum absolute atomic E-state index is 0.868. The van der Waals surface area contributed by atoms with E-state index in [2.05, 4.69) is 72.1 Å². The molecule has 1 N–H and O–H groups in total. The number of aromatic amines is 1. The van der Waals surface area contributed by atoms with Crippen LogP contribution in [-0.4, -0.2) is 19.7 Å². The van der Waals surface area contributed by atoms with Crippen LogP contribution in [0.5, 0.6) is 0 Å².